The highest BCUT2D eigenvalue weighted by molar-refractivity contribution is 4.96. The summed E-state index contributed by atoms with van der Waals surface area (Å²) in [6.07, 6.45) is 4.20. The fraction of sp³-hybridized carbons (Fsp3) is 0.846. The molecule has 2 rings (SSSR count). The second kappa shape index (κ2) is 5.67. The lowest BCUT2D eigenvalue weighted by Crippen LogP contribution is -2.47. The average molecular weight is 223 g/mol. The van der Waals surface area contributed by atoms with Gasteiger partial charge in [-0.25, -0.2) is 0 Å². The van der Waals surface area contributed by atoms with Crippen LogP contribution < -0.4 is 5.32 Å². The molecule has 1 spiro atoms. The lowest BCUT2D eigenvalue weighted by molar-refractivity contribution is -0.0891. The Morgan fingerprint density at radius 2 is 2.38 bits per heavy atom. The zero-order valence-electron chi connectivity index (χ0n) is 10.1. The number of ether oxygens (including phenoxy) is 2. The van der Waals surface area contributed by atoms with Crippen molar-refractivity contribution in [1.29, 1.82) is 0 Å². The van der Waals surface area contributed by atoms with Gasteiger partial charge in [0, 0.05) is 38.6 Å². The van der Waals surface area contributed by atoms with Crippen LogP contribution in [0.1, 0.15) is 32.6 Å². The van der Waals surface area contributed by atoms with Crippen LogP contribution in [0.4, 0.5) is 0 Å². The predicted octanol–water partition coefficient (Wildman–Crippen LogP) is 1.33. The Morgan fingerprint density at radius 3 is 3.12 bits per heavy atom. The van der Waals surface area contributed by atoms with Crippen molar-refractivity contribution in [2.45, 2.75) is 44.2 Å². The van der Waals surface area contributed by atoms with Crippen molar-refractivity contribution in [3.63, 3.8) is 0 Å². The fourth-order valence-corrected chi connectivity index (χ4v) is 2.53. The van der Waals surface area contributed by atoms with Gasteiger partial charge in [0.1, 0.15) is 0 Å². The molecule has 2 fully saturated rings. The van der Waals surface area contributed by atoms with Crippen molar-refractivity contribution >= 4 is 0 Å². The summed E-state index contributed by atoms with van der Waals surface area (Å²) in [6, 6.07) is 0.578. The highest BCUT2D eigenvalue weighted by atomic mass is 16.6. The summed E-state index contributed by atoms with van der Waals surface area (Å²) in [7, 11) is 0. The Balaban J connectivity index is 1.75. The second-order valence-electron chi connectivity index (χ2n) is 4.65. The van der Waals surface area contributed by atoms with Crippen molar-refractivity contribution in [3.8, 4) is 11.8 Å². The molecule has 3 nitrogen and oxygen atoms in total. The zero-order chi connectivity index (χ0) is 11.3. The lowest BCUT2D eigenvalue weighted by Gasteiger charge is -2.37. The number of hydrogen-bond acceptors (Lipinski definition) is 3. The van der Waals surface area contributed by atoms with Crippen LogP contribution >= 0.6 is 0 Å². The zero-order valence-corrected chi connectivity index (χ0v) is 10.1. The van der Waals surface area contributed by atoms with Gasteiger partial charge < -0.3 is 14.8 Å². The predicted molar refractivity (Wildman–Crippen MR) is 63.2 cm³/mol. The van der Waals surface area contributed by atoms with E-state index in [1.807, 2.05) is 6.92 Å². The molecule has 0 amide bonds. The van der Waals surface area contributed by atoms with Crippen LogP contribution in [0.15, 0.2) is 0 Å². The number of hydrogen-bond donors (Lipinski definition) is 1. The van der Waals surface area contributed by atoms with Crippen LogP contribution in [0.5, 0.6) is 0 Å². The van der Waals surface area contributed by atoms with Gasteiger partial charge in [-0.1, -0.05) is 0 Å². The molecule has 0 aromatic carbocycles. The van der Waals surface area contributed by atoms with E-state index in [0.717, 1.165) is 52.0 Å². The molecule has 2 heterocycles. The van der Waals surface area contributed by atoms with E-state index in [0.29, 0.717) is 6.04 Å². The summed E-state index contributed by atoms with van der Waals surface area (Å²) >= 11 is 0. The van der Waals surface area contributed by atoms with Gasteiger partial charge in [-0.3, -0.25) is 0 Å². The molecule has 2 unspecified atom stereocenters. The van der Waals surface area contributed by atoms with Gasteiger partial charge in [0.15, 0.2) is 0 Å². The van der Waals surface area contributed by atoms with E-state index in [4.69, 9.17) is 9.47 Å². The van der Waals surface area contributed by atoms with E-state index in [1.165, 1.54) is 0 Å². The van der Waals surface area contributed by atoms with Gasteiger partial charge in [-0.15, -0.1) is 11.8 Å². The molecular formula is C13H21NO2. The van der Waals surface area contributed by atoms with E-state index in [1.54, 1.807) is 0 Å². The third-order valence-corrected chi connectivity index (χ3v) is 3.42. The van der Waals surface area contributed by atoms with Gasteiger partial charge in [0.2, 0.25) is 0 Å². The minimum atomic E-state index is 0.0202. The first kappa shape index (κ1) is 11.9. The third-order valence-electron chi connectivity index (χ3n) is 3.42. The Bertz CT molecular complexity index is 273. The SMILES string of the molecule is CC#CCCNC1CCOC2(CCOC2)C1. The molecule has 0 radical (unpaired) electrons. The van der Waals surface area contributed by atoms with E-state index in [2.05, 4.69) is 17.2 Å². The molecule has 16 heavy (non-hydrogen) atoms. The van der Waals surface area contributed by atoms with Gasteiger partial charge in [0.25, 0.3) is 0 Å². The van der Waals surface area contributed by atoms with Crippen molar-refractivity contribution in [1.82, 2.24) is 5.32 Å². The van der Waals surface area contributed by atoms with E-state index in [-0.39, 0.29) is 5.60 Å². The molecule has 90 valence electrons. The number of nitrogens with one attached hydrogen (secondary N) is 1. The van der Waals surface area contributed by atoms with Crippen LogP contribution in [-0.4, -0.2) is 38.0 Å². The average Bonchev–Trinajstić information content (AvgIpc) is 2.73. The lowest BCUT2D eigenvalue weighted by atomic mass is 9.89. The maximum absolute atomic E-state index is 5.89. The minimum Gasteiger partial charge on any atom is -0.378 e. The molecule has 2 atom stereocenters. The van der Waals surface area contributed by atoms with Crippen LogP contribution in [0, 0.1) is 11.8 Å². The van der Waals surface area contributed by atoms with Crippen molar-refractivity contribution in [3.05, 3.63) is 0 Å². The first-order valence-electron chi connectivity index (χ1n) is 6.19. The Hall–Kier alpha value is -0.560. The molecule has 0 saturated carbocycles. The van der Waals surface area contributed by atoms with E-state index in [9.17, 15) is 0 Å². The quantitative estimate of drug-likeness (QED) is 0.578. The van der Waals surface area contributed by atoms with Gasteiger partial charge in [-0.2, -0.15) is 0 Å². The smallest absolute Gasteiger partial charge is 0.0951 e. The largest absolute Gasteiger partial charge is 0.378 e. The van der Waals surface area contributed by atoms with Crippen LogP contribution in [0.25, 0.3) is 0 Å². The standard InChI is InChI=1S/C13H21NO2/c1-2-3-4-7-14-12-5-8-16-13(10-12)6-9-15-11-13/h12,14H,4-11H2,1H3. The Morgan fingerprint density at radius 1 is 1.44 bits per heavy atom. The van der Waals surface area contributed by atoms with E-state index < -0.39 is 0 Å². The molecule has 2 saturated heterocycles. The first-order valence-corrected chi connectivity index (χ1v) is 6.19. The summed E-state index contributed by atoms with van der Waals surface area (Å²) in [4.78, 5) is 0. The van der Waals surface area contributed by atoms with Crippen molar-refractivity contribution in [2.75, 3.05) is 26.4 Å². The monoisotopic (exact) mass is 223 g/mol. The van der Waals surface area contributed by atoms with Gasteiger partial charge in [-0.05, 0) is 19.8 Å². The minimum absolute atomic E-state index is 0.0202. The molecule has 2 aliphatic heterocycles. The molecule has 0 aromatic rings. The van der Waals surface area contributed by atoms with Crippen LogP contribution in [0.2, 0.25) is 0 Å². The summed E-state index contributed by atoms with van der Waals surface area (Å²) in [5, 5.41) is 3.57. The summed E-state index contributed by atoms with van der Waals surface area (Å²) < 4.78 is 11.3. The van der Waals surface area contributed by atoms with Gasteiger partial charge in [0.05, 0.1) is 12.2 Å². The first-order chi connectivity index (χ1) is 7.85. The summed E-state index contributed by atoms with van der Waals surface area (Å²) in [5.41, 5.74) is 0.0202. The molecule has 0 bridgehead atoms. The molecule has 2 aliphatic rings. The van der Waals surface area contributed by atoms with Crippen LogP contribution in [-0.2, 0) is 9.47 Å². The molecule has 0 aliphatic carbocycles. The molecule has 0 aromatic heterocycles. The maximum Gasteiger partial charge on any atom is 0.0951 e. The topological polar surface area (TPSA) is 30.5 Å². The Kier molecular flexibility index (Phi) is 4.22. The molecule has 1 N–H and O–H groups in total. The van der Waals surface area contributed by atoms with Crippen LogP contribution in [0.3, 0.4) is 0 Å². The summed E-state index contributed by atoms with van der Waals surface area (Å²) in [6.45, 7) is 5.37. The second-order valence-corrected chi connectivity index (χ2v) is 4.65. The fourth-order valence-electron chi connectivity index (χ4n) is 2.53. The maximum atomic E-state index is 5.89. The Labute approximate surface area is 97.9 Å². The van der Waals surface area contributed by atoms with Crippen molar-refractivity contribution < 1.29 is 9.47 Å². The highest BCUT2D eigenvalue weighted by Crippen LogP contribution is 2.32. The van der Waals surface area contributed by atoms with E-state index >= 15 is 0 Å². The van der Waals surface area contributed by atoms with Crippen molar-refractivity contribution in [2.24, 2.45) is 0 Å². The molecular weight excluding hydrogens is 202 g/mol. The highest BCUT2D eigenvalue weighted by Gasteiger charge is 2.40. The normalized spacial score (nSPS) is 33.7. The summed E-state index contributed by atoms with van der Waals surface area (Å²) in [5.74, 6) is 6.00. The number of rotatable bonds is 3. The van der Waals surface area contributed by atoms with Gasteiger partial charge >= 0.3 is 0 Å². The molecule has 3 heteroatoms. The third kappa shape index (κ3) is 2.98.